The number of carboxylic acid groups (broad SMARTS) is 1. The summed E-state index contributed by atoms with van der Waals surface area (Å²) in [5.41, 5.74) is 1.30. The Hall–Kier alpha value is -1.45. The fourth-order valence-electron chi connectivity index (χ4n) is 1.52. The Labute approximate surface area is 115 Å². The first-order valence-corrected chi connectivity index (χ1v) is 6.72. The van der Waals surface area contributed by atoms with Crippen molar-refractivity contribution in [2.75, 3.05) is 0 Å². The van der Waals surface area contributed by atoms with E-state index in [4.69, 9.17) is 16.7 Å². The minimum absolute atomic E-state index is 0.319. The summed E-state index contributed by atoms with van der Waals surface area (Å²) in [7, 11) is 0. The molecule has 0 aliphatic heterocycles. The quantitative estimate of drug-likeness (QED) is 0.846. The Balaban J connectivity index is 2.06. The van der Waals surface area contributed by atoms with E-state index in [0.717, 1.165) is 16.2 Å². The fourth-order valence-corrected chi connectivity index (χ4v) is 2.67. The standard InChI is InChI=1S/C14H11ClO2S/c15-12-5-2-6-13(8-12)18-9-10-3-1-4-11(7-10)14(16)17/h1-8H,9H2,(H,16,17). The lowest BCUT2D eigenvalue weighted by Crippen LogP contribution is -1.96. The third-order valence-electron chi connectivity index (χ3n) is 2.38. The van der Waals surface area contributed by atoms with Crippen LogP contribution in [0.5, 0.6) is 0 Å². The summed E-state index contributed by atoms with van der Waals surface area (Å²) in [5, 5.41) is 9.61. The van der Waals surface area contributed by atoms with Crippen LogP contribution in [-0.2, 0) is 5.75 Å². The molecular weight excluding hydrogens is 268 g/mol. The van der Waals surface area contributed by atoms with Crippen molar-refractivity contribution in [1.82, 2.24) is 0 Å². The molecule has 0 radical (unpaired) electrons. The van der Waals surface area contributed by atoms with Gasteiger partial charge in [-0.25, -0.2) is 4.79 Å². The average molecular weight is 279 g/mol. The van der Waals surface area contributed by atoms with Crippen LogP contribution in [0.25, 0.3) is 0 Å². The smallest absolute Gasteiger partial charge is 0.335 e. The Morgan fingerprint density at radius 2 is 1.94 bits per heavy atom. The number of halogens is 1. The number of carbonyl (C=O) groups is 1. The van der Waals surface area contributed by atoms with Crippen LogP contribution in [-0.4, -0.2) is 11.1 Å². The summed E-state index contributed by atoms with van der Waals surface area (Å²) in [5.74, 6) is -0.175. The average Bonchev–Trinajstić information content (AvgIpc) is 2.37. The van der Waals surface area contributed by atoms with Gasteiger partial charge in [-0.05, 0) is 35.9 Å². The van der Waals surface area contributed by atoms with E-state index < -0.39 is 5.97 Å². The van der Waals surface area contributed by atoms with Crippen LogP contribution in [0.1, 0.15) is 15.9 Å². The van der Waals surface area contributed by atoms with Crippen molar-refractivity contribution in [2.45, 2.75) is 10.6 Å². The van der Waals surface area contributed by atoms with Gasteiger partial charge in [0.2, 0.25) is 0 Å². The van der Waals surface area contributed by atoms with Crippen molar-refractivity contribution in [3.63, 3.8) is 0 Å². The van der Waals surface area contributed by atoms with Crippen LogP contribution < -0.4 is 0 Å². The van der Waals surface area contributed by atoms with E-state index in [2.05, 4.69) is 0 Å². The van der Waals surface area contributed by atoms with Crippen LogP contribution in [0.15, 0.2) is 53.4 Å². The van der Waals surface area contributed by atoms with Gasteiger partial charge in [0.25, 0.3) is 0 Å². The molecule has 0 saturated carbocycles. The van der Waals surface area contributed by atoms with Gasteiger partial charge >= 0.3 is 5.97 Å². The summed E-state index contributed by atoms with van der Waals surface area (Å²) < 4.78 is 0. The number of aromatic carboxylic acids is 1. The molecule has 0 bridgehead atoms. The summed E-state index contributed by atoms with van der Waals surface area (Å²) in [4.78, 5) is 11.9. The first kappa shape index (κ1) is 13.0. The Bertz CT molecular complexity index is 569. The van der Waals surface area contributed by atoms with E-state index in [1.54, 1.807) is 30.0 Å². The molecule has 0 atom stereocenters. The SMILES string of the molecule is O=C(O)c1cccc(CSc2cccc(Cl)c2)c1. The maximum Gasteiger partial charge on any atom is 0.335 e. The van der Waals surface area contributed by atoms with Crippen molar-refractivity contribution in [3.8, 4) is 0 Å². The molecule has 1 N–H and O–H groups in total. The number of carboxylic acids is 1. The van der Waals surface area contributed by atoms with Crippen LogP contribution in [0.3, 0.4) is 0 Å². The second-order valence-electron chi connectivity index (χ2n) is 3.75. The molecule has 2 rings (SSSR count). The predicted molar refractivity (Wildman–Crippen MR) is 74.4 cm³/mol. The highest BCUT2D eigenvalue weighted by atomic mass is 35.5. The molecule has 0 heterocycles. The van der Waals surface area contributed by atoms with Gasteiger partial charge in [-0.3, -0.25) is 0 Å². The molecule has 0 aromatic heterocycles. The van der Waals surface area contributed by atoms with E-state index in [1.807, 2.05) is 30.3 Å². The van der Waals surface area contributed by atoms with Gasteiger partial charge in [-0.15, -0.1) is 11.8 Å². The fraction of sp³-hybridized carbons (Fsp3) is 0.0714. The van der Waals surface area contributed by atoms with Crippen LogP contribution in [0.4, 0.5) is 0 Å². The Kier molecular flexibility index (Phi) is 4.28. The Morgan fingerprint density at radius 3 is 2.67 bits per heavy atom. The van der Waals surface area contributed by atoms with Gasteiger partial charge < -0.3 is 5.11 Å². The molecule has 2 nitrogen and oxygen atoms in total. The van der Waals surface area contributed by atoms with Crippen molar-refractivity contribution in [2.24, 2.45) is 0 Å². The van der Waals surface area contributed by atoms with Crippen LogP contribution >= 0.6 is 23.4 Å². The zero-order valence-corrected chi connectivity index (χ0v) is 11.0. The van der Waals surface area contributed by atoms with Gasteiger partial charge in [0.05, 0.1) is 5.56 Å². The maximum absolute atomic E-state index is 10.8. The normalized spacial score (nSPS) is 10.3. The number of hydrogen-bond acceptors (Lipinski definition) is 2. The summed E-state index contributed by atoms with van der Waals surface area (Å²) in [6, 6.07) is 14.6. The maximum atomic E-state index is 10.8. The number of hydrogen-bond donors (Lipinski definition) is 1. The second kappa shape index (κ2) is 5.94. The van der Waals surface area contributed by atoms with E-state index in [9.17, 15) is 4.79 Å². The largest absolute Gasteiger partial charge is 0.478 e. The monoisotopic (exact) mass is 278 g/mol. The van der Waals surface area contributed by atoms with Gasteiger partial charge in [0.15, 0.2) is 0 Å². The van der Waals surface area contributed by atoms with E-state index in [1.165, 1.54) is 0 Å². The molecule has 0 fully saturated rings. The highest BCUT2D eigenvalue weighted by Gasteiger charge is 2.03. The van der Waals surface area contributed by atoms with Gasteiger partial charge in [-0.1, -0.05) is 29.8 Å². The highest BCUT2D eigenvalue weighted by Crippen LogP contribution is 2.25. The molecular formula is C14H11ClO2S. The van der Waals surface area contributed by atoms with Crippen LogP contribution in [0.2, 0.25) is 5.02 Å². The first-order valence-electron chi connectivity index (χ1n) is 5.36. The minimum Gasteiger partial charge on any atom is -0.478 e. The molecule has 2 aromatic rings. The zero-order valence-electron chi connectivity index (χ0n) is 9.47. The molecule has 2 aromatic carbocycles. The molecule has 0 saturated heterocycles. The third-order valence-corrected chi connectivity index (χ3v) is 3.68. The predicted octanol–water partition coefficient (Wildman–Crippen LogP) is 4.33. The summed E-state index contributed by atoms with van der Waals surface area (Å²) in [6.07, 6.45) is 0. The van der Waals surface area contributed by atoms with Gasteiger partial charge in [0.1, 0.15) is 0 Å². The molecule has 18 heavy (non-hydrogen) atoms. The number of benzene rings is 2. The lowest BCUT2D eigenvalue weighted by atomic mass is 10.1. The molecule has 0 aliphatic rings. The molecule has 0 amide bonds. The van der Waals surface area contributed by atoms with Crippen LogP contribution in [0, 0.1) is 0 Å². The first-order chi connectivity index (χ1) is 8.65. The number of rotatable bonds is 4. The molecule has 0 unspecified atom stereocenters. The van der Waals surface area contributed by atoms with E-state index in [0.29, 0.717) is 10.6 Å². The van der Waals surface area contributed by atoms with Crippen molar-refractivity contribution in [1.29, 1.82) is 0 Å². The molecule has 0 spiro atoms. The molecule has 0 aliphatic carbocycles. The van der Waals surface area contributed by atoms with Crippen molar-refractivity contribution in [3.05, 3.63) is 64.7 Å². The minimum atomic E-state index is -0.899. The van der Waals surface area contributed by atoms with E-state index >= 15 is 0 Å². The topological polar surface area (TPSA) is 37.3 Å². The lowest BCUT2D eigenvalue weighted by Gasteiger charge is -2.03. The zero-order chi connectivity index (χ0) is 13.0. The summed E-state index contributed by atoms with van der Waals surface area (Å²) in [6.45, 7) is 0. The second-order valence-corrected chi connectivity index (χ2v) is 5.24. The van der Waals surface area contributed by atoms with Gasteiger partial charge in [-0.2, -0.15) is 0 Å². The van der Waals surface area contributed by atoms with Crippen molar-refractivity contribution >= 4 is 29.3 Å². The third kappa shape index (κ3) is 3.52. The highest BCUT2D eigenvalue weighted by molar-refractivity contribution is 7.98. The molecule has 92 valence electrons. The summed E-state index contributed by atoms with van der Waals surface area (Å²) >= 11 is 7.53. The number of thioether (sulfide) groups is 1. The van der Waals surface area contributed by atoms with Gasteiger partial charge in [0, 0.05) is 15.7 Å². The lowest BCUT2D eigenvalue weighted by molar-refractivity contribution is 0.0697. The van der Waals surface area contributed by atoms with Crippen molar-refractivity contribution < 1.29 is 9.90 Å². The molecule has 4 heteroatoms. The Morgan fingerprint density at radius 1 is 1.17 bits per heavy atom. The van der Waals surface area contributed by atoms with E-state index in [-0.39, 0.29) is 0 Å².